The van der Waals surface area contributed by atoms with Gasteiger partial charge in [-0.25, -0.2) is 24.2 Å². The Labute approximate surface area is 237 Å². The van der Waals surface area contributed by atoms with Crippen molar-refractivity contribution in [2.45, 2.75) is 43.0 Å². The number of imidazole rings is 2. The molecule has 0 radical (unpaired) electrons. The highest BCUT2D eigenvalue weighted by Gasteiger charge is 2.48. The molecule has 2 fully saturated rings. The van der Waals surface area contributed by atoms with Crippen LogP contribution in [0.25, 0.3) is 22.3 Å². The van der Waals surface area contributed by atoms with Gasteiger partial charge in [-0.2, -0.15) is 4.98 Å². The van der Waals surface area contributed by atoms with Crippen molar-refractivity contribution < 1.29 is 38.2 Å². The SMILES string of the molecule is Nc1nc2c(ncn2[C@@H]2OC(CPOC[C@H]3[C@H](F)[C@H](n4cnc5c(=O)[nH]cnc54)O[C@@H]3COP)[C@@H](O)[C@H]2OO)c(=O)[nH]1. The number of hydrogen-bond donors (Lipinski definition) is 5. The zero-order valence-corrected chi connectivity index (χ0v) is 23.6. The van der Waals surface area contributed by atoms with Gasteiger partial charge in [-0.3, -0.25) is 29.0 Å². The van der Waals surface area contributed by atoms with Gasteiger partial charge in [0.25, 0.3) is 11.1 Å². The largest absolute Gasteiger partial charge is 0.387 e. The Morgan fingerprint density at radius 2 is 1.79 bits per heavy atom. The molecule has 0 bridgehead atoms. The number of fused-ring (bicyclic) bond motifs is 2. The van der Waals surface area contributed by atoms with E-state index in [1.165, 1.54) is 28.1 Å². The van der Waals surface area contributed by atoms with Crippen LogP contribution in [0.3, 0.4) is 0 Å². The molecule has 0 spiro atoms. The fourth-order valence-corrected chi connectivity index (χ4v) is 6.27. The molecule has 18 nitrogen and oxygen atoms in total. The minimum Gasteiger partial charge on any atom is -0.387 e. The highest BCUT2D eigenvalue weighted by Crippen LogP contribution is 2.40. The average molecular weight is 629 g/mol. The molecule has 4 aromatic heterocycles. The second-order valence-electron chi connectivity index (χ2n) is 9.62. The number of anilines is 1. The second kappa shape index (κ2) is 11.9. The van der Waals surface area contributed by atoms with Gasteiger partial charge in [-0.1, -0.05) is 0 Å². The van der Waals surface area contributed by atoms with E-state index in [0.29, 0.717) is 0 Å². The molecule has 0 amide bonds. The Morgan fingerprint density at radius 1 is 1.07 bits per heavy atom. The first-order valence-electron chi connectivity index (χ1n) is 12.5. The Bertz CT molecular complexity index is 1680. The number of hydrogen-bond acceptors (Lipinski definition) is 14. The first kappa shape index (κ1) is 29.1. The maximum atomic E-state index is 15.7. The Balaban J connectivity index is 1.11. The maximum absolute atomic E-state index is 15.7. The van der Waals surface area contributed by atoms with Crippen molar-refractivity contribution in [3.8, 4) is 0 Å². The molecule has 0 aliphatic carbocycles. The van der Waals surface area contributed by atoms with E-state index in [1.54, 1.807) is 0 Å². The summed E-state index contributed by atoms with van der Waals surface area (Å²) in [6.45, 7) is 0.00100. The molecule has 226 valence electrons. The number of nitrogens with one attached hydrogen (secondary N) is 2. The number of H-pyrrole nitrogens is 2. The van der Waals surface area contributed by atoms with Gasteiger partial charge >= 0.3 is 0 Å². The van der Waals surface area contributed by atoms with E-state index in [9.17, 15) is 20.0 Å². The number of rotatable bonds is 10. The van der Waals surface area contributed by atoms with Crippen LogP contribution in [0.1, 0.15) is 12.5 Å². The predicted octanol–water partition coefficient (Wildman–Crippen LogP) is -0.780. The summed E-state index contributed by atoms with van der Waals surface area (Å²) >= 11 is 0. The zero-order valence-electron chi connectivity index (χ0n) is 21.4. The van der Waals surface area contributed by atoms with Gasteiger partial charge in [0, 0.05) is 30.4 Å². The number of aromatic amines is 2. The lowest BCUT2D eigenvalue weighted by molar-refractivity contribution is -0.304. The third-order valence-electron chi connectivity index (χ3n) is 7.19. The number of nitrogen functional groups attached to an aromatic ring is 1. The fourth-order valence-electron chi connectivity index (χ4n) is 5.15. The van der Waals surface area contributed by atoms with E-state index >= 15 is 4.39 Å². The average Bonchev–Trinajstić information content (AvgIpc) is 3.72. The van der Waals surface area contributed by atoms with Crippen molar-refractivity contribution in [1.29, 1.82) is 0 Å². The predicted molar refractivity (Wildman–Crippen MR) is 145 cm³/mol. The van der Waals surface area contributed by atoms with Gasteiger partial charge in [0.2, 0.25) is 5.95 Å². The lowest BCUT2D eigenvalue weighted by Crippen LogP contribution is -2.34. The van der Waals surface area contributed by atoms with Crippen LogP contribution in [-0.4, -0.2) is 99.4 Å². The quantitative estimate of drug-likeness (QED) is 0.0626. The standard InChI is InChI=1S/C21H26FN9O9P2/c22-10-7(8(2-36-41)38-19(10)30-5-26-11-15(30)24-4-25-17(11)33)1-37-42-3-9-13(32)14(40-35)20(39-9)31-6-27-12-16(31)28-21(23)29-18(12)34/h4-10,13-14,19-20,32,35,42H,1-3,41H2,(H,24,25,33)(H3,23,28,29,34)/t7-,8-,9?,10+,13-,14-,19-,20-/m1/s1. The molecule has 3 unspecified atom stereocenters. The fraction of sp³-hybridized carbons (Fsp3) is 0.524. The van der Waals surface area contributed by atoms with Crippen LogP contribution in [-0.2, 0) is 23.4 Å². The molecule has 2 saturated heterocycles. The molecular weight excluding hydrogens is 603 g/mol. The van der Waals surface area contributed by atoms with Crippen LogP contribution in [0, 0.1) is 5.92 Å². The van der Waals surface area contributed by atoms with Gasteiger partial charge in [-0.05, 0) is 0 Å². The molecule has 6 N–H and O–H groups in total. The normalized spacial score (nSPS) is 30.0. The molecule has 2 aliphatic rings. The molecule has 6 rings (SSSR count). The molecule has 10 atom stereocenters. The first-order chi connectivity index (χ1) is 20.3. The Morgan fingerprint density at radius 3 is 2.52 bits per heavy atom. The summed E-state index contributed by atoms with van der Waals surface area (Å²) in [4.78, 5) is 49.6. The lowest BCUT2D eigenvalue weighted by Gasteiger charge is -2.19. The molecule has 0 aromatic carbocycles. The van der Waals surface area contributed by atoms with E-state index in [-0.39, 0.29) is 56.5 Å². The summed E-state index contributed by atoms with van der Waals surface area (Å²) in [6, 6.07) is 0. The van der Waals surface area contributed by atoms with Gasteiger partial charge in [0.1, 0.15) is 6.10 Å². The second-order valence-corrected chi connectivity index (χ2v) is 10.9. The Hall–Kier alpha value is -2.99. The van der Waals surface area contributed by atoms with E-state index in [4.69, 9.17) is 24.3 Å². The van der Waals surface area contributed by atoms with Gasteiger partial charge in [0.15, 0.2) is 47.1 Å². The summed E-state index contributed by atoms with van der Waals surface area (Å²) in [5, 5.41) is 20.3. The number of alkyl halides is 1. The Kier molecular flexibility index (Phi) is 8.28. The lowest BCUT2D eigenvalue weighted by atomic mass is 10.0. The van der Waals surface area contributed by atoms with Crippen LogP contribution < -0.4 is 16.9 Å². The molecular formula is C21H26FN9O9P2. The topological polar surface area (TPSA) is 240 Å². The van der Waals surface area contributed by atoms with Crippen molar-refractivity contribution in [2.75, 3.05) is 25.1 Å². The van der Waals surface area contributed by atoms with Gasteiger partial charge in [0.05, 0.1) is 44.4 Å². The van der Waals surface area contributed by atoms with Crippen LogP contribution in [0.15, 0.2) is 28.6 Å². The van der Waals surface area contributed by atoms with Gasteiger partial charge in [-0.15, -0.1) is 0 Å². The van der Waals surface area contributed by atoms with Crippen LogP contribution in [0.4, 0.5) is 10.3 Å². The van der Waals surface area contributed by atoms with Crippen LogP contribution in [0.5, 0.6) is 0 Å². The van der Waals surface area contributed by atoms with Gasteiger partial charge < -0.3 is 34.3 Å². The number of ether oxygens (including phenoxy) is 2. The number of aliphatic hydroxyl groups excluding tert-OH is 1. The molecule has 42 heavy (non-hydrogen) atoms. The number of nitrogens with zero attached hydrogens (tertiary/aromatic N) is 6. The van der Waals surface area contributed by atoms with Crippen molar-refractivity contribution >= 4 is 46.6 Å². The minimum absolute atomic E-state index is 0.0132. The van der Waals surface area contributed by atoms with Crippen LogP contribution >= 0.6 is 18.3 Å². The molecule has 21 heteroatoms. The summed E-state index contributed by atoms with van der Waals surface area (Å²) < 4.78 is 41.2. The summed E-state index contributed by atoms with van der Waals surface area (Å²) in [5.74, 6) is -0.897. The third kappa shape index (κ3) is 5.10. The van der Waals surface area contributed by atoms with E-state index in [1.807, 2.05) is 0 Å². The maximum Gasteiger partial charge on any atom is 0.280 e. The zero-order chi connectivity index (χ0) is 29.5. The highest BCUT2D eigenvalue weighted by molar-refractivity contribution is 7.32. The van der Waals surface area contributed by atoms with Crippen LogP contribution in [0.2, 0.25) is 0 Å². The number of aromatic nitrogens is 8. The molecule has 4 aromatic rings. The van der Waals surface area contributed by atoms with E-state index < -0.39 is 60.1 Å². The summed E-state index contributed by atoms with van der Waals surface area (Å²) in [5.41, 5.74) is 4.92. The highest BCUT2D eigenvalue weighted by atomic mass is 31.1. The summed E-state index contributed by atoms with van der Waals surface area (Å²) in [6.07, 6.45) is -3.91. The number of nitrogens with two attached hydrogens (primary N) is 1. The number of halogens is 1. The van der Waals surface area contributed by atoms with E-state index in [0.717, 1.165) is 0 Å². The van der Waals surface area contributed by atoms with Crippen molar-refractivity contribution in [1.82, 2.24) is 39.0 Å². The van der Waals surface area contributed by atoms with Crippen molar-refractivity contribution in [3.63, 3.8) is 0 Å². The first-order valence-corrected chi connectivity index (χ1v) is 14.1. The van der Waals surface area contributed by atoms with Crippen molar-refractivity contribution in [3.05, 3.63) is 39.7 Å². The number of aliphatic hydroxyl groups is 1. The third-order valence-corrected chi connectivity index (χ3v) is 8.33. The monoisotopic (exact) mass is 629 g/mol. The summed E-state index contributed by atoms with van der Waals surface area (Å²) in [7, 11) is 1.85. The molecule has 2 aliphatic heterocycles. The van der Waals surface area contributed by atoms with Crippen molar-refractivity contribution in [2.24, 2.45) is 5.92 Å². The smallest absolute Gasteiger partial charge is 0.280 e. The minimum atomic E-state index is -1.55. The molecule has 6 heterocycles. The van der Waals surface area contributed by atoms with E-state index in [2.05, 4.69) is 44.3 Å². The molecule has 0 saturated carbocycles.